The SMILES string of the molecule is [2H]C1([2H])C([2H])([2H])C1([2H])Nc1nc(Nc2ccc(N3CCN(S(=O)(=O)CC)CC3)cc2)ncc1C(N)=O. The Balaban J connectivity index is 1.47. The molecule has 0 unspecified atom stereocenters. The van der Waals surface area contributed by atoms with E-state index in [1.165, 1.54) is 4.31 Å². The quantitative estimate of drug-likeness (QED) is 0.549. The van der Waals surface area contributed by atoms with Crippen LogP contribution in [0.1, 0.15) is 36.9 Å². The van der Waals surface area contributed by atoms with Crippen molar-refractivity contribution in [3.8, 4) is 0 Å². The number of hydrogen-bond donors (Lipinski definition) is 3. The number of nitrogens with two attached hydrogens (primary N) is 1. The minimum atomic E-state index is -3.21. The van der Waals surface area contributed by atoms with Crippen LogP contribution in [-0.4, -0.2) is 66.5 Å². The van der Waals surface area contributed by atoms with Crippen LogP contribution in [0.15, 0.2) is 30.5 Å². The number of carbonyl (C=O) groups is 1. The zero-order chi connectivity index (χ0) is 26.5. The summed E-state index contributed by atoms with van der Waals surface area (Å²) in [5.41, 5.74) is 6.66. The first-order valence-corrected chi connectivity index (χ1v) is 11.4. The van der Waals surface area contributed by atoms with Gasteiger partial charge in [0.05, 0.1) is 12.7 Å². The number of nitrogens with one attached hydrogen (secondary N) is 2. The number of sulfonamides is 1. The molecule has 0 bridgehead atoms. The minimum Gasteiger partial charge on any atom is -0.369 e. The Morgan fingerprint density at radius 2 is 1.94 bits per heavy atom. The zero-order valence-electron chi connectivity index (χ0n) is 21.9. The number of rotatable bonds is 8. The lowest BCUT2D eigenvalue weighted by molar-refractivity contribution is 0.100. The van der Waals surface area contributed by atoms with Crippen molar-refractivity contribution in [1.29, 1.82) is 0 Å². The minimum absolute atomic E-state index is 0.0269. The average molecular weight is 451 g/mol. The summed E-state index contributed by atoms with van der Waals surface area (Å²) in [7, 11) is -3.21. The van der Waals surface area contributed by atoms with E-state index in [4.69, 9.17) is 12.6 Å². The topological polar surface area (TPSA) is 134 Å². The van der Waals surface area contributed by atoms with E-state index in [9.17, 15) is 13.2 Å². The Bertz CT molecular complexity index is 1250. The maximum absolute atomic E-state index is 12.1. The fourth-order valence-corrected chi connectivity index (χ4v) is 4.31. The Morgan fingerprint density at radius 1 is 1.26 bits per heavy atom. The van der Waals surface area contributed by atoms with E-state index < -0.39 is 34.7 Å². The van der Waals surface area contributed by atoms with Crippen LogP contribution in [0.2, 0.25) is 0 Å². The number of primary amides is 1. The third-order valence-corrected chi connectivity index (χ3v) is 6.91. The highest BCUT2D eigenvalue weighted by Gasteiger charge is 2.26. The van der Waals surface area contributed by atoms with Gasteiger partial charge >= 0.3 is 0 Å². The summed E-state index contributed by atoms with van der Waals surface area (Å²) in [5.74, 6) is -1.06. The first-order valence-electron chi connectivity index (χ1n) is 12.3. The molecule has 1 aromatic carbocycles. The third kappa shape index (κ3) is 5.05. The van der Waals surface area contributed by atoms with Gasteiger partial charge in [-0.1, -0.05) is 0 Å². The van der Waals surface area contributed by atoms with Crippen LogP contribution in [0.5, 0.6) is 0 Å². The van der Waals surface area contributed by atoms with E-state index >= 15 is 0 Å². The number of hydrogen-bond acceptors (Lipinski definition) is 8. The fraction of sp³-hybridized carbons (Fsp3) is 0.450. The van der Waals surface area contributed by atoms with Crippen LogP contribution in [0, 0.1) is 0 Å². The highest BCUT2D eigenvalue weighted by molar-refractivity contribution is 7.89. The van der Waals surface area contributed by atoms with Gasteiger partial charge in [0.1, 0.15) is 5.82 Å². The first kappa shape index (κ1) is 15.8. The second kappa shape index (κ2) is 8.67. The molecule has 1 aliphatic carbocycles. The molecule has 2 aliphatic rings. The molecule has 1 saturated carbocycles. The molecule has 0 atom stereocenters. The van der Waals surface area contributed by atoms with E-state index in [0.717, 1.165) is 11.9 Å². The predicted molar refractivity (Wildman–Crippen MR) is 120 cm³/mol. The normalized spacial score (nSPS) is 24.0. The van der Waals surface area contributed by atoms with E-state index in [2.05, 4.69) is 25.5 Å². The van der Waals surface area contributed by atoms with Crippen molar-refractivity contribution in [2.24, 2.45) is 5.73 Å². The smallest absolute Gasteiger partial charge is 0.254 e. The van der Waals surface area contributed by atoms with Crippen LogP contribution >= 0.6 is 0 Å². The van der Waals surface area contributed by atoms with Gasteiger partial charge in [0.25, 0.3) is 5.91 Å². The average Bonchev–Trinajstić information content (AvgIpc) is 3.14. The monoisotopic (exact) mass is 450 g/mol. The van der Waals surface area contributed by atoms with Crippen LogP contribution in [0.25, 0.3) is 0 Å². The van der Waals surface area contributed by atoms with Crippen molar-refractivity contribution in [1.82, 2.24) is 14.3 Å². The molecule has 1 aliphatic heterocycles. The first-order chi connectivity index (χ1) is 16.7. The zero-order valence-corrected chi connectivity index (χ0v) is 17.7. The van der Waals surface area contributed by atoms with Gasteiger partial charge in [0.2, 0.25) is 16.0 Å². The Hall–Kier alpha value is -2.92. The van der Waals surface area contributed by atoms with Crippen molar-refractivity contribution in [3.05, 3.63) is 36.0 Å². The van der Waals surface area contributed by atoms with E-state index in [0.29, 0.717) is 31.9 Å². The number of anilines is 4. The molecule has 166 valence electrons. The molecular weight excluding hydrogens is 418 g/mol. The summed E-state index contributed by atoms with van der Waals surface area (Å²) >= 11 is 0. The van der Waals surface area contributed by atoms with Crippen molar-refractivity contribution in [3.63, 3.8) is 0 Å². The molecule has 10 nitrogen and oxygen atoms in total. The van der Waals surface area contributed by atoms with Gasteiger partial charge in [-0.3, -0.25) is 4.79 Å². The third-order valence-electron chi connectivity index (χ3n) is 5.03. The van der Waals surface area contributed by atoms with Gasteiger partial charge in [-0.2, -0.15) is 9.29 Å². The van der Waals surface area contributed by atoms with Crippen LogP contribution < -0.4 is 21.3 Å². The van der Waals surface area contributed by atoms with Crippen molar-refractivity contribution < 1.29 is 20.1 Å². The molecule has 4 rings (SSSR count). The Kier molecular flexibility index (Phi) is 4.43. The number of benzene rings is 1. The van der Waals surface area contributed by atoms with Gasteiger partial charge < -0.3 is 21.3 Å². The largest absolute Gasteiger partial charge is 0.369 e. The van der Waals surface area contributed by atoms with Crippen molar-refractivity contribution >= 4 is 39.1 Å². The van der Waals surface area contributed by atoms with Crippen molar-refractivity contribution in [2.45, 2.75) is 25.7 Å². The maximum atomic E-state index is 12.1. The molecule has 1 saturated heterocycles. The fourth-order valence-electron chi connectivity index (χ4n) is 3.22. The Labute approximate surface area is 188 Å². The lowest BCUT2D eigenvalue weighted by atomic mass is 10.2. The summed E-state index contributed by atoms with van der Waals surface area (Å²) in [6.45, 7) is 3.59. The van der Waals surface area contributed by atoms with Gasteiger partial charge in [0.15, 0.2) is 0 Å². The van der Waals surface area contributed by atoms with Crippen LogP contribution in [0.4, 0.5) is 23.1 Å². The summed E-state index contributed by atoms with van der Waals surface area (Å²) < 4.78 is 64.8. The number of nitrogens with zero attached hydrogens (tertiary/aromatic N) is 4. The number of aromatic nitrogens is 2. The number of amides is 1. The molecule has 2 fully saturated rings. The Morgan fingerprint density at radius 3 is 2.52 bits per heavy atom. The standard InChI is InChI=1S/C20H27N7O3S/c1-2-31(29,30)27-11-9-26(10-12-27)16-7-5-15(6-8-16)24-20-22-13-17(18(21)28)19(25-20)23-14-3-4-14/h5-8,13-14H,2-4,9-12H2,1H3,(H2,21,28)(H2,22,23,24,25)/i3D2,4D2,14D. The molecule has 11 heteroatoms. The van der Waals surface area contributed by atoms with E-state index in [1.54, 1.807) is 19.1 Å². The molecule has 31 heavy (non-hydrogen) atoms. The molecule has 4 N–H and O–H groups in total. The lowest BCUT2D eigenvalue weighted by Crippen LogP contribution is -2.49. The summed E-state index contributed by atoms with van der Waals surface area (Å²) in [6, 6.07) is 4.91. The second-order valence-electron chi connectivity index (χ2n) is 7.03. The number of piperazine rings is 1. The van der Waals surface area contributed by atoms with Crippen LogP contribution in [0.3, 0.4) is 0 Å². The van der Waals surface area contributed by atoms with Crippen LogP contribution in [-0.2, 0) is 10.0 Å². The summed E-state index contributed by atoms with van der Waals surface area (Å²) in [4.78, 5) is 22.1. The van der Waals surface area contributed by atoms with E-state index in [-0.39, 0.29) is 23.1 Å². The van der Waals surface area contributed by atoms with Gasteiger partial charge in [-0.15, -0.1) is 0 Å². The van der Waals surface area contributed by atoms with Crippen molar-refractivity contribution in [2.75, 3.05) is 47.5 Å². The van der Waals surface area contributed by atoms with Gasteiger partial charge in [0, 0.05) is 55.3 Å². The summed E-state index contributed by atoms with van der Waals surface area (Å²) in [6.07, 6.45) is -3.89. The highest BCUT2D eigenvalue weighted by atomic mass is 32.2. The molecular formula is C20H27N7O3S. The molecule has 2 aromatic rings. The maximum Gasteiger partial charge on any atom is 0.254 e. The molecule has 0 spiro atoms. The molecule has 1 amide bonds. The number of carbonyl (C=O) groups excluding carboxylic acids is 1. The molecule has 0 radical (unpaired) electrons. The summed E-state index contributed by atoms with van der Waals surface area (Å²) in [5, 5.41) is 5.34. The predicted octanol–water partition coefficient (Wildman–Crippen LogP) is 1.37. The van der Waals surface area contributed by atoms with Gasteiger partial charge in [-0.05, 0) is 43.9 Å². The molecule has 1 aromatic heterocycles. The molecule has 2 heterocycles. The van der Waals surface area contributed by atoms with E-state index in [1.807, 2.05) is 12.1 Å². The lowest BCUT2D eigenvalue weighted by Gasteiger charge is -2.35. The highest BCUT2D eigenvalue weighted by Crippen LogP contribution is 2.27. The van der Waals surface area contributed by atoms with Gasteiger partial charge in [-0.25, -0.2) is 13.4 Å². The second-order valence-corrected chi connectivity index (χ2v) is 9.29.